The third-order valence-corrected chi connectivity index (χ3v) is 1.12. The maximum atomic E-state index is 9.00. The van der Waals surface area contributed by atoms with Crippen molar-refractivity contribution in [2.24, 2.45) is 5.73 Å². The summed E-state index contributed by atoms with van der Waals surface area (Å²) in [6.45, 7) is 0. The van der Waals surface area contributed by atoms with Crippen molar-refractivity contribution in [2.45, 2.75) is 0 Å². The van der Waals surface area contributed by atoms with Crippen molar-refractivity contribution in [3.8, 4) is 0 Å². The first kappa shape index (κ1) is 5.82. The van der Waals surface area contributed by atoms with E-state index in [1.54, 1.807) is 18.2 Å². The second-order valence-corrected chi connectivity index (χ2v) is 1.73. The van der Waals surface area contributed by atoms with Crippen molar-refractivity contribution in [1.82, 2.24) is 0 Å². The molecule has 2 heteroatoms. The van der Waals surface area contributed by atoms with Gasteiger partial charge in [0.1, 0.15) is 0 Å². The number of rotatable bonds is 0. The summed E-state index contributed by atoms with van der Waals surface area (Å²) in [7, 11) is 0. The highest BCUT2D eigenvalue weighted by Crippen LogP contribution is 2.04. The van der Waals surface area contributed by atoms with Gasteiger partial charge in [0.2, 0.25) is 0 Å². The highest BCUT2D eigenvalue weighted by molar-refractivity contribution is 6.13. The fraction of sp³-hybridized carbons (Fsp3) is 0. The first-order chi connectivity index (χ1) is 4.34. The summed E-state index contributed by atoms with van der Waals surface area (Å²) in [5, 5.41) is 9.00. The maximum Gasteiger partial charge on any atom is -0.000146 e. The lowest BCUT2D eigenvalue weighted by molar-refractivity contribution is 1.55. The predicted octanol–water partition coefficient (Wildman–Crippen LogP) is 0.965. The van der Waals surface area contributed by atoms with Gasteiger partial charge >= 0.3 is 0 Å². The van der Waals surface area contributed by atoms with Crippen molar-refractivity contribution in [1.29, 1.82) is 0 Å². The number of nitrogens with zero attached hydrogens (tertiary/aromatic N) is 1. The Morgan fingerprint density at radius 1 is 1.33 bits per heavy atom. The quantitative estimate of drug-likeness (QED) is 0.507. The standard InChI is InChI=1S/C7H7N2/c8-5-6-3-1-2-4-7(6)9/h1-5H,8H2/q-1/b6-5-. The predicted molar refractivity (Wildman–Crippen MR) is 38.9 cm³/mol. The zero-order valence-electron chi connectivity index (χ0n) is 4.91. The number of hydrogen-bond donors (Lipinski definition) is 1. The molecule has 1 aliphatic rings. The first-order valence-corrected chi connectivity index (χ1v) is 2.67. The van der Waals surface area contributed by atoms with Gasteiger partial charge in [-0.1, -0.05) is 24.3 Å². The summed E-state index contributed by atoms with van der Waals surface area (Å²) < 4.78 is 0. The van der Waals surface area contributed by atoms with Crippen molar-refractivity contribution in [2.75, 3.05) is 0 Å². The van der Waals surface area contributed by atoms with Crippen LogP contribution in [-0.2, 0) is 0 Å². The van der Waals surface area contributed by atoms with Crippen LogP contribution in [0.1, 0.15) is 0 Å². The minimum Gasteiger partial charge on any atom is -0.803 e. The number of allylic oxidation sites excluding steroid dienone is 5. The number of hydrogen-bond acceptors (Lipinski definition) is 1. The van der Waals surface area contributed by atoms with E-state index in [2.05, 4.69) is 0 Å². The van der Waals surface area contributed by atoms with Gasteiger partial charge < -0.3 is 11.1 Å². The SMILES string of the molecule is [N-]=C1C=CC=C/C1=C/N. The molecule has 0 spiro atoms. The van der Waals surface area contributed by atoms with E-state index >= 15 is 0 Å². The Kier molecular flexibility index (Phi) is 1.49. The second kappa shape index (κ2) is 2.31. The van der Waals surface area contributed by atoms with Gasteiger partial charge in [0.25, 0.3) is 0 Å². The molecule has 0 unspecified atom stereocenters. The minimum atomic E-state index is 0.222. The smallest absolute Gasteiger partial charge is 0.000146 e. The Morgan fingerprint density at radius 2 is 2.00 bits per heavy atom. The van der Waals surface area contributed by atoms with E-state index in [4.69, 9.17) is 11.1 Å². The normalized spacial score (nSPS) is 21.3. The third-order valence-electron chi connectivity index (χ3n) is 1.12. The molecular formula is C7H7N2-. The highest BCUT2D eigenvalue weighted by Gasteiger charge is 1.89. The molecule has 0 bridgehead atoms. The van der Waals surface area contributed by atoms with Crippen molar-refractivity contribution in [3.63, 3.8) is 0 Å². The molecule has 2 nitrogen and oxygen atoms in total. The Balaban J connectivity index is 2.91. The van der Waals surface area contributed by atoms with Crippen LogP contribution >= 0.6 is 0 Å². The molecule has 0 amide bonds. The summed E-state index contributed by atoms with van der Waals surface area (Å²) in [6, 6.07) is 0. The molecule has 1 rings (SSSR count). The molecule has 0 aliphatic heterocycles. The first-order valence-electron chi connectivity index (χ1n) is 2.67. The fourth-order valence-electron chi connectivity index (χ4n) is 0.628. The minimum absolute atomic E-state index is 0.222. The van der Waals surface area contributed by atoms with Crippen molar-refractivity contribution in [3.05, 3.63) is 41.5 Å². The van der Waals surface area contributed by atoms with Crippen LogP contribution < -0.4 is 5.73 Å². The molecule has 46 valence electrons. The molecule has 2 N–H and O–H groups in total. The summed E-state index contributed by atoms with van der Waals surface area (Å²) in [6.07, 6.45) is 8.28. The van der Waals surface area contributed by atoms with Gasteiger partial charge in [-0.3, -0.25) is 0 Å². The van der Waals surface area contributed by atoms with Crippen LogP contribution in [0, 0.1) is 0 Å². The van der Waals surface area contributed by atoms with Gasteiger partial charge in [-0.25, -0.2) is 0 Å². The van der Waals surface area contributed by atoms with Crippen LogP contribution in [-0.4, -0.2) is 5.71 Å². The molecule has 0 aromatic rings. The Hall–Kier alpha value is -1.31. The van der Waals surface area contributed by atoms with Crippen LogP contribution in [0.4, 0.5) is 0 Å². The van der Waals surface area contributed by atoms with Gasteiger partial charge in [-0.05, 0) is 11.8 Å². The van der Waals surface area contributed by atoms with Crippen molar-refractivity contribution >= 4 is 5.71 Å². The molecule has 9 heavy (non-hydrogen) atoms. The zero-order valence-corrected chi connectivity index (χ0v) is 4.91. The van der Waals surface area contributed by atoms with E-state index in [1.165, 1.54) is 6.20 Å². The summed E-state index contributed by atoms with van der Waals surface area (Å²) in [4.78, 5) is 0. The van der Waals surface area contributed by atoms with Gasteiger partial charge in [-0.2, -0.15) is 0 Å². The van der Waals surface area contributed by atoms with Crippen LogP contribution in [0.15, 0.2) is 36.1 Å². The summed E-state index contributed by atoms with van der Waals surface area (Å²) in [5.41, 5.74) is 6.05. The highest BCUT2D eigenvalue weighted by atomic mass is 14.5. The fourth-order valence-corrected chi connectivity index (χ4v) is 0.628. The Morgan fingerprint density at radius 3 is 2.44 bits per heavy atom. The Labute approximate surface area is 53.9 Å². The molecule has 0 aromatic heterocycles. The molecule has 0 heterocycles. The van der Waals surface area contributed by atoms with Gasteiger partial charge in [0.05, 0.1) is 0 Å². The lowest BCUT2D eigenvalue weighted by Crippen LogP contribution is -1.99. The molecular weight excluding hydrogens is 112 g/mol. The van der Waals surface area contributed by atoms with E-state index in [9.17, 15) is 0 Å². The second-order valence-electron chi connectivity index (χ2n) is 1.73. The third kappa shape index (κ3) is 1.08. The van der Waals surface area contributed by atoms with Crippen LogP contribution in [0.2, 0.25) is 0 Å². The molecule has 0 aromatic carbocycles. The number of nitrogens with two attached hydrogens (primary N) is 1. The van der Waals surface area contributed by atoms with Crippen LogP contribution in [0.25, 0.3) is 5.41 Å². The average Bonchev–Trinajstić information content (AvgIpc) is 1.89. The molecule has 1 aliphatic carbocycles. The average molecular weight is 119 g/mol. The van der Waals surface area contributed by atoms with Gasteiger partial charge in [0.15, 0.2) is 0 Å². The van der Waals surface area contributed by atoms with Crippen LogP contribution in [0.5, 0.6) is 0 Å². The summed E-state index contributed by atoms with van der Waals surface area (Å²) >= 11 is 0. The largest absolute Gasteiger partial charge is 0.803 e. The monoisotopic (exact) mass is 119 g/mol. The van der Waals surface area contributed by atoms with E-state index in [1.807, 2.05) is 6.08 Å². The maximum absolute atomic E-state index is 9.00. The zero-order chi connectivity index (χ0) is 6.69. The molecule has 0 saturated carbocycles. The summed E-state index contributed by atoms with van der Waals surface area (Å²) in [5.74, 6) is 0. The van der Waals surface area contributed by atoms with E-state index < -0.39 is 0 Å². The molecule has 0 atom stereocenters. The van der Waals surface area contributed by atoms with Crippen LogP contribution in [0.3, 0.4) is 0 Å². The molecule has 0 radical (unpaired) electrons. The van der Waals surface area contributed by atoms with Gasteiger partial charge in [0, 0.05) is 0 Å². The van der Waals surface area contributed by atoms with E-state index in [0.717, 1.165) is 0 Å². The lowest BCUT2D eigenvalue weighted by Gasteiger charge is -2.10. The molecule has 0 saturated heterocycles. The molecule has 0 fully saturated rings. The van der Waals surface area contributed by atoms with E-state index in [0.29, 0.717) is 5.57 Å². The van der Waals surface area contributed by atoms with E-state index in [-0.39, 0.29) is 5.71 Å². The topological polar surface area (TPSA) is 48.3 Å². The van der Waals surface area contributed by atoms with Crippen molar-refractivity contribution < 1.29 is 0 Å². The van der Waals surface area contributed by atoms with Gasteiger partial charge in [-0.15, -0.1) is 5.71 Å². The Bertz CT molecular complexity index is 209. The lowest BCUT2D eigenvalue weighted by atomic mass is 10.1.